The molecule has 2 unspecified atom stereocenters. The molecule has 1 rings (SSSR count). The van der Waals surface area contributed by atoms with Crippen LogP contribution in [0.2, 0.25) is 0 Å². The third-order valence-electron chi connectivity index (χ3n) is 3.37. The van der Waals surface area contributed by atoms with Crippen molar-refractivity contribution in [3.63, 3.8) is 0 Å². The van der Waals surface area contributed by atoms with Crippen LogP contribution in [0.4, 0.5) is 4.79 Å². The Morgan fingerprint density at radius 2 is 2.00 bits per heavy atom. The molecule has 20 heavy (non-hydrogen) atoms. The third-order valence-corrected chi connectivity index (χ3v) is 7.92. The molecule has 1 fully saturated rings. The molecule has 1 saturated carbocycles. The summed E-state index contributed by atoms with van der Waals surface area (Å²) < 4.78 is 17.9. The quantitative estimate of drug-likeness (QED) is 0.686. The molecule has 0 bridgehead atoms. The predicted molar refractivity (Wildman–Crippen MR) is 85.1 cm³/mol. The smallest absolute Gasteiger partial charge is 0.335 e. The van der Waals surface area contributed by atoms with E-state index in [4.69, 9.17) is 4.52 Å². The predicted octanol–water partition coefficient (Wildman–Crippen LogP) is 4.29. The molecule has 118 valence electrons. The fraction of sp³-hybridized carbons (Fsp3) is 0.923. The molecule has 1 aliphatic rings. The molecular formula is C13H27N2O3PS. The maximum atomic E-state index is 12.6. The van der Waals surface area contributed by atoms with Gasteiger partial charge in [0.05, 0.1) is 6.61 Å². The fourth-order valence-electron chi connectivity index (χ4n) is 2.16. The normalized spacial score (nSPS) is 20.9. The maximum Gasteiger partial charge on any atom is 0.354 e. The van der Waals surface area contributed by atoms with E-state index in [1.54, 1.807) is 6.92 Å². The Hall–Kier alpha value is -0.190. The van der Waals surface area contributed by atoms with Gasteiger partial charge >= 0.3 is 12.8 Å². The Morgan fingerprint density at radius 3 is 2.55 bits per heavy atom. The van der Waals surface area contributed by atoms with E-state index in [2.05, 4.69) is 10.4 Å². The topological polar surface area (TPSA) is 67.4 Å². The van der Waals surface area contributed by atoms with Crippen LogP contribution < -0.4 is 10.4 Å². The van der Waals surface area contributed by atoms with E-state index in [9.17, 15) is 9.36 Å². The summed E-state index contributed by atoms with van der Waals surface area (Å²) in [4.78, 5) is 12.0. The zero-order valence-corrected chi connectivity index (χ0v) is 14.4. The Balaban J connectivity index is 2.50. The highest BCUT2D eigenvalue weighted by molar-refractivity contribution is 8.56. The second kappa shape index (κ2) is 8.96. The minimum absolute atomic E-state index is 0.183. The van der Waals surface area contributed by atoms with Crippen molar-refractivity contribution in [2.75, 3.05) is 6.61 Å². The van der Waals surface area contributed by atoms with Crippen molar-refractivity contribution >= 4 is 24.1 Å². The highest BCUT2D eigenvalue weighted by atomic mass is 32.7. The lowest BCUT2D eigenvalue weighted by molar-refractivity contribution is 0.235. The second-order valence-corrected chi connectivity index (χ2v) is 9.73. The van der Waals surface area contributed by atoms with Crippen molar-refractivity contribution in [3.8, 4) is 0 Å². The number of urea groups is 1. The van der Waals surface area contributed by atoms with Gasteiger partial charge in [-0.15, -0.1) is 0 Å². The van der Waals surface area contributed by atoms with Crippen molar-refractivity contribution < 1.29 is 13.9 Å². The van der Waals surface area contributed by atoms with Crippen molar-refractivity contribution in [2.45, 2.75) is 70.6 Å². The Morgan fingerprint density at radius 1 is 1.35 bits per heavy atom. The molecule has 2 N–H and O–H groups in total. The van der Waals surface area contributed by atoms with Crippen LogP contribution in [0.1, 0.15) is 59.3 Å². The number of nitrogens with one attached hydrogen (secondary N) is 2. The van der Waals surface area contributed by atoms with Crippen molar-refractivity contribution in [2.24, 2.45) is 0 Å². The fourth-order valence-corrected chi connectivity index (χ4v) is 6.39. The standard InChI is InChI=1S/C13H27N2O3PS/c1-4-11(3)20-19(17,18-5-2)15-13(16)14-12-9-7-6-8-10-12/h11-12H,4-10H2,1-3H3,(H2,14,15,16,17). The molecule has 0 radical (unpaired) electrons. The lowest BCUT2D eigenvalue weighted by Gasteiger charge is -2.25. The summed E-state index contributed by atoms with van der Waals surface area (Å²) in [7, 11) is 0. The molecule has 0 aromatic carbocycles. The second-order valence-electron chi connectivity index (χ2n) is 5.16. The molecule has 0 aromatic heterocycles. The lowest BCUT2D eigenvalue weighted by atomic mass is 9.96. The summed E-state index contributed by atoms with van der Waals surface area (Å²) in [5.74, 6) is 0. The minimum atomic E-state index is -3.16. The first-order chi connectivity index (χ1) is 9.49. The van der Waals surface area contributed by atoms with Crippen molar-refractivity contribution in [3.05, 3.63) is 0 Å². The molecule has 2 amide bonds. The highest BCUT2D eigenvalue weighted by Gasteiger charge is 2.29. The van der Waals surface area contributed by atoms with Crippen LogP contribution in [0.25, 0.3) is 0 Å². The van der Waals surface area contributed by atoms with Crippen LogP contribution in [-0.2, 0) is 9.09 Å². The van der Waals surface area contributed by atoms with Gasteiger partial charge in [0.1, 0.15) is 0 Å². The first kappa shape index (κ1) is 17.9. The van der Waals surface area contributed by atoms with E-state index in [1.165, 1.54) is 17.8 Å². The highest BCUT2D eigenvalue weighted by Crippen LogP contribution is 2.58. The Labute approximate surface area is 126 Å². The summed E-state index contributed by atoms with van der Waals surface area (Å²) in [6.07, 6.45) is 6.43. The van der Waals surface area contributed by atoms with Crippen LogP contribution in [0.5, 0.6) is 0 Å². The first-order valence-corrected chi connectivity index (χ1v) is 10.6. The minimum Gasteiger partial charge on any atom is -0.335 e. The molecule has 0 saturated heterocycles. The van der Waals surface area contributed by atoms with Gasteiger partial charge in [0.15, 0.2) is 0 Å². The van der Waals surface area contributed by atoms with E-state index in [0.29, 0.717) is 6.61 Å². The summed E-state index contributed by atoms with van der Waals surface area (Å²) >= 11 is 1.22. The molecule has 0 aliphatic heterocycles. The third kappa shape index (κ3) is 6.51. The van der Waals surface area contributed by atoms with E-state index < -0.39 is 6.72 Å². The number of carbonyl (C=O) groups is 1. The molecule has 0 spiro atoms. The van der Waals surface area contributed by atoms with E-state index in [-0.39, 0.29) is 17.3 Å². The molecule has 7 heteroatoms. The number of amides is 2. The molecular weight excluding hydrogens is 295 g/mol. The van der Waals surface area contributed by atoms with Crippen LogP contribution in [0, 0.1) is 0 Å². The molecule has 2 atom stereocenters. The van der Waals surface area contributed by atoms with Crippen LogP contribution >= 0.6 is 18.1 Å². The number of rotatable bonds is 7. The Kier molecular flexibility index (Phi) is 8.00. The number of hydrogen-bond acceptors (Lipinski definition) is 4. The van der Waals surface area contributed by atoms with Crippen molar-refractivity contribution in [1.82, 2.24) is 10.4 Å². The maximum absolute atomic E-state index is 12.6. The molecule has 0 aromatic rings. The molecule has 1 aliphatic carbocycles. The van der Waals surface area contributed by atoms with Gasteiger partial charge in [-0.05, 0) is 37.6 Å². The summed E-state index contributed by atoms with van der Waals surface area (Å²) in [5, 5.41) is 5.64. The van der Waals surface area contributed by atoms with Gasteiger partial charge in [-0.25, -0.2) is 4.79 Å². The summed E-state index contributed by atoms with van der Waals surface area (Å²) in [5.41, 5.74) is 0. The van der Waals surface area contributed by atoms with Crippen molar-refractivity contribution in [1.29, 1.82) is 0 Å². The van der Waals surface area contributed by atoms with Crippen LogP contribution in [-0.4, -0.2) is 23.9 Å². The molecule has 0 heterocycles. The van der Waals surface area contributed by atoms with Gasteiger partial charge in [-0.1, -0.05) is 33.1 Å². The zero-order valence-electron chi connectivity index (χ0n) is 12.7. The van der Waals surface area contributed by atoms with Gasteiger partial charge in [0, 0.05) is 11.3 Å². The monoisotopic (exact) mass is 322 g/mol. The number of carbonyl (C=O) groups excluding carboxylic acids is 1. The first-order valence-electron chi connectivity index (χ1n) is 7.50. The average molecular weight is 322 g/mol. The van der Waals surface area contributed by atoms with E-state index >= 15 is 0 Å². The zero-order chi connectivity index (χ0) is 15.0. The SMILES string of the molecule is CCOP(=O)(NC(=O)NC1CCCCC1)SC(C)CC. The van der Waals surface area contributed by atoms with Gasteiger partial charge < -0.3 is 9.84 Å². The number of hydrogen-bond donors (Lipinski definition) is 2. The largest absolute Gasteiger partial charge is 0.354 e. The van der Waals surface area contributed by atoms with E-state index in [0.717, 1.165) is 32.1 Å². The Bertz CT molecular complexity index is 349. The lowest BCUT2D eigenvalue weighted by Crippen LogP contribution is -2.41. The van der Waals surface area contributed by atoms with Gasteiger partial charge in [-0.3, -0.25) is 9.65 Å². The van der Waals surface area contributed by atoms with E-state index in [1.807, 2.05) is 13.8 Å². The van der Waals surface area contributed by atoms with Gasteiger partial charge in [0.25, 0.3) is 0 Å². The summed E-state index contributed by atoms with van der Waals surface area (Å²) in [6.45, 7) is 2.95. The average Bonchev–Trinajstić information content (AvgIpc) is 2.39. The van der Waals surface area contributed by atoms with Crippen LogP contribution in [0.3, 0.4) is 0 Å². The van der Waals surface area contributed by atoms with Gasteiger partial charge in [0.2, 0.25) is 0 Å². The van der Waals surface area contributed by atoms with Gasteiger partial charge in [-0.2, -0.15) is 0 Å². The van der Waals surface area contributed by atoms with Crippen LogP contribution in [0.15, 0.2) is 0 Å². The summed E-state index contributed by atoms with van der Waals surface area (Å²) in [6, 6.07) is -0.170. The molecule has 5 nitrogen and oxygen atoms in total.